The highest BCUT2D eigenvalue weighted by atomic mass is 35.5. The van der Waals surface area contributed by atoms with Crippen LogP contribution in [-0.4, -0.2) is 41.1 Å². The van der Waals surface area contributed by atoms with Gasteiger partial charge in [-0.1, -0.05) is 35.9 Å². The number of nitriles is 1. The number of carbonyl (C=O) groups excluding carboxylic acids is 2. The quantitative estimate of drug-likeness (QED) is 0.684. The number of nitrogens with one attached hydrogen (secondary N) is 1. The van der Waals surface area contributed by atoms with Crippen LogP contribution in [0.3, 0.4) is 0 Å². The Morgan fingerprint density at radius 2 is 2.16 bits per heavy atom. The number of benzene rings is 2. The summed E-state index contributed by atoms with van der Waals surface area (Å²) in [6.45, 7) is 1.65. The second-order valence-corrected chi connectivity index (χ2v) is 9.41. The molecular weight excluding hydrogens is 453 g/mol. The standard InChI is InChI=1S/C23H19ClFN3O3S/c1-2-31-21(30)22(11-26)19(18-14(24)7-5-8-15(18)25)17-10-32-12-28(17)23(22)13-6-3-4-9-16(13)27-20(23)29/h3-9,17,19H,2,10,12H2,1H3,(H,27,29)/t17?,19-,22+,23+/m1/s1. The summed E-state index contributed by atoms with van der Waals surface area (Å²) < 4.78 is 20.7. The number of nitrogens with zero attached hydrogens (tertiary/aromatic N) is 2. The predicted molar refractivity (Wildman–Crippen MR) is 119 cm³/mol. The third kappa shape index (κ3) is 2.39. The average Bonchev–Trinajstić information content (AvgIpc) is 3.42. The molecule has 2 fully saturated rings. The van der Waals surface area contributed by atoms with Crippen molar-refractivity contribution in [3.63, 3.8) is 0 Å². The fraction of sp³-hybridized carbons (Fsp3) is 0.348. The first-order chi connectivity index (χ1) is 15.4. The van der Waals surface area contributed by atoms with Crippen LogP contribution in [0.4, 0.5) is 10.1 Å². The molecule has 2 aromatic carbocycles. The van der Waals surface area contributed by atoms with Gasteiger partial charge in [0.05, 0.1) is 12.7 Å². The topological polar surface area (TPSA) is 82.4 Å². The van der Waals surface area contributed by atoms with E-state index in [1.165, 1.54) is 18.2 Å². The molecule has 0 bridgehead atoms. The molecule has 1 amide bonds. The molecule has 3 aliphatic heterocycles. The Bertz CT molecular complexity index is 1170. The van der Waals surface area contributed by atoms with Crippen LogP contribution in [0.1, 0.15) is 24.0 Å². The van der Waals surface area contributed by atoms with Crippen molar-refractivity contribution < 1.29 is 18.7 Å². The van der Waals surface area contributed by atoms with E-state index in [0.29, 0.717) is 22.9 Å². The average molecular weight is 472 g/mol. The minimum atomic E-state index is -2.04. The summed E-state index contributed by atoms with van der Waals surface area (Å²) in [5.41, 5.74) is -2.61. The number of hydrogen-bond donors (Lipinski definition) is 1. The van der Waals surface area contributed by atoms with Crippen LogP contribution in [0.2, 0.25) is 5.02 Å². The van der Waals surface area contributed by atoms with E-state index < -0.39 is 40.6 Å². The molecule has 2 saturated heterocycles. The molecule has 0 aliphatic carbocycles. The molecule has 2 aromatic rings. The zero-order chi connectivity index (χ0) is 22.7. The lowest BCUT2D eigenvalue weighted by Crippen LogP contribution is -2.59. The number of para-hydroxylation sites is 1. The van der Waals surface area contributed by atoms with Gasteiger partial charge >= 0.3 is 5.97 Å². The van der Waals surface area contributed by atoms with E-state index in [4.69, 9.17) is 16.3 Å². The van der Waals surface area contributed by atoms with Gasteiger partial charge in [-0.25, -0.2) is 4.39 Å². The Morgan fingerprint density at radius 1 is 1.38 bits per heavy atom. The Balaban J connectivity index is 1.91. The third-order valence-corrected chi connectivity index (χ3v) is 8.12. The van der Waals surface area contributed by atoms with E-state index in [1.807, 2.05) is 4.90 Å². The van der Waals surface area contributed by atoms with E-state index in [0.717, 1.165) is 0 Å². The molecule has 9 heteroatoms. The smallest absolute Gasteiger partial charge is 0.330 e. The highest BCUT2D eigenvalue weighted by Crippen LogP contribution is 2.67. The molecule has 1 spiro atoms. The molecule has 5 rings (SSSR count). The lowest BCUT2D eigenvalue weighted by molar-refractivity contribution is -0.161. The van der Waals surface area contributed by atoms with Gasteiger partial charge in [0.15, 0.2) is 11.0 Å². The molecule has 0 aromatic heterocycles. The van der Waals surface area contributed by atoms with E-state index in [2.05, 4.69) is 11.4 Å². The summed E-state index contributed by atoms with van der Waals surface area (Å²) in [6, 6.07) is 13.0. The number of hydrogen-bond acceptors (Lipinski definition) is 6. The van der Waals surface area contributed by atoms with Crippen molar-refractivity contribution in [3.8, 4) is 6.07 Å². The molecule has 6 nitrogen and oxygen atoms in total. The number of rotatable bonds is 3. The van der Waals surface area contributed by atoms with Crippen LogP contribution in [0.25, 0.3) is 0 Å². The second-order valence-electron chi connectivity index (χ2n) is 8.00. The van der Waals surface area contributed by atoms with Crippen LogP contribution in [0, 0.1) is 22.6 Å². The van der Waals surface area contributed by atoms with Gasteiger partial charge in [-0.05, 0) is 25.1 Å². The van der Waals surface area contributed by atoms with Crippen molar-refractivity contribution in [2.24, 2.45) is 5.41 Å². The zero-order valence-corrected chi connectivity index (χ0v) is 18.7. The van der Waals surface area contributed by atoms with E-state index in [1.54, 1.807) is 43.0 Å². The highest BCUT2D eigenvalue weighted by Gasteiger charge is 2.80. The van der Waals surface area contributed by atoms with Crippen molar-refractivity contribution in [2.45, 2.75) is 24.4 Å². The van der Waals surface area contributed by atoms with Crippen LogP contribution in [-0.2, 0) is 19.9 Å². The molecule has 32 heavy (non-hydrogen) atoms. The van der Waals surface area contributed by atoms with E-state index >= 15 is 4.39 Å². The Labute approximate surface area is 193 Å². The summed E-state index contributed by atoms with van der Waals surface area (Å²) in [6.07, 6.45) is 0. The van der Waals surface area contributed by atoms with E-state index in [-0.39, 0.29) is 17.2 Å². The summed E-state index contributed by atoms with van der Waals surface area (Å²) in [7, 11) is 0. The fourth-order valence-electron chi connectivity index (χ4n) is 5.67. The number of esters is 1. The Kier molecular flexibility index (Phi) is 4.97. The first-order valence-corrected chi connectivity index (χ1v) is 11.8. The van der Waals surface area contributed by atoms with Crippen LogP contribution >= 0.6 is 23.4 Å². The molecule has 0 radical (unpaired) electrons. The summed E-state index contributed by atoms with van der Waals surface area (Å²) >= 11 is 8.04. The van der Waals surface area contributed by atoms with Crippen molar-refractivity contribution in [2.75, 3.05) is 23.6 Å². The summed E-state index contributed by atoms with van der Waals surface area (Å²) in [4.78, 5) is 29.4. The molecule has 1 N–H and O–H groups in total. The van der Waals surface area contributed by atoms with Gasteiger partial charge in [0.25, 0.3) is 5.91 Å². The Hall–Kier alpha value is -2.60. The van der Waals surface area contributed by atoms with Gasteiger partial charge in [0.1, 0.15) is 5.82 Å². The van der Waals surface area contributed by atoms with Gasteiger partial charge in [-0.2, -0.15) is 5.26 Å². The lowest BCUT2D eigenvalue weighted by atomic mass is 9.61. The van der Waals surface area contributed by atoms with E-state index in [9.17, 15) is 14.9 Å². The Morgan fingerprint density at radius 3 is 2.88 bits per heavy atom. The SMILES string of the molecule is CCOC(=O)[C@]1(C#N)[C@@H](c2c(F)cccc2Cl)C2CSCN2[C@@]12C(=O)Nc1ccccc12. The summed E-state index contributed by atoms with van der Waals surface area (Å²) in [5.74, 6) is -2.05. The fourth-order valence-corrected chi connectivity index (χ4v) is 7.25. The lowest BCUT2D eigenvalue weighted by Gasteiger charge is -2.40. The molecule has 1 unspecified atom stereocenters. The normalized spacial score (nSPS) is 30.6. The zero-order valence-electron chi connectivity index (χ0n) is 17.1. The number of thioether (sulfide) groups is 1. The number of anilines is 1. The highest BCUT2D eigenvalue weighted by molar-refractivity contribution is 7.99. The maximum absolute atomic E-state index is 15.3. The van der Waals surface area contributed by atoms with Crippen LogP contribution in [0.5, 0.6) is 0 Å². The van der Waals surface area contributed by atoms with Gasteiger partial charge < -0.3 is 10.1 Å². The first-order valence-electron chi connectivity index (χ1n) is 10.2. The second kappa shape index (κ2) is 7.48. The number of carbonyl (C=O) groups is 2. The van der Waals surface area contributed by atoms with Crippen molar-refractivity contribution in [1.29, 1.82) is 5.26 Å². The molecule has 164 valence electrons. The first kappa shape index (κ1) is 21.3. The van der Waals surface area contributed by atoms with Crippen LogP contribution < -0.4 is 5.32 Å². The van der Waals surface area contributed by atoms with Gasteiger partial charge in [-0.3, -0.25) is 14.5 Å². The van der Waals surface area contributed by atoms with Gasteiger partial charge in [0, 0.05) is 45.4 Å². The minimum Gasteiger partial charge on any atom is -0.465 e. The molecule has 0 saturated carbocycles. The van der Waals surface area contributed by atoms with Crippen molar-refractivity contribution in [3.05, 3.63) is 64.4 Å². The van der Waals surface area contributed by atoms with Gasteiger partial charge in [-0.15, -0.1) is 11.8 Å². The van der Waals surface area contributed by atoms with Gasteiger partial charge in [0.2, 0.25) is 0 Å². The number of halogens is 2. The molecule has 4 atom stereocenters. The molecule has 3 aliphatic rings. The largest absolute Gasteiger partial charge is 0.465 e. The van der Waals surface area contributed by atoms with Crippen LogP contribution in [0.15, 0.2) is 42.5 Å². The van der Waals surface area contributed by atoms with Crippen molar-refractivity contribution in [1.82, 2.24) is 4.90 Å². The number of amides is 1. The maximum Gasteiger partial charge on any atom is 0.330 e. The maximum atomic E-state index is 15.3. The van der Waals surface area contributed by atoms with Crippen molar-refractivity contribution >= 4 is 40.9 Å². The predicted octanol–water partition coefficient (Wildman–Crippen LogP) is 3.87. The minimum absolute atomic E-state index is 0.0126. The summed E-state index contributed by atoms with van der Waals surface area (Å²) in [5, 5.41) is 13.7. The monoisotopic (exact) mass is 471 g/mol. The third-order valence-electron chi connectivity index (χ3n) is 6.75. The molecular formula is C23H19ClFN3O3S. The number of ether oxygens (including phenoxy) is 1. The number of fused-ring (bicyclic) bond motifs is 4. The molecule has 3 heterocycles.